The van der Waals surface area contributed by atoms with Crippen LogP contribution in [-0.4, -0.2) is 23.0 Å². The van der Waals surface area contributed by atoms with Crippen molar-refractivity contribution in [3.05, 3.63) is 34.7 Å². The normalized spacial score (nSPS) is 13.1. The van der Waals surface area contributed by atoms with Crippen molar-refractivity contribution in [2.45, 2.75) is 33.7 Å². The molecule has 1 aromatic carbocycles. The van der Waals surface area contributed by atoms with Crippen LogP contribution in [0.25, 0.3) is 10.1 Å². The highest BCUT2D eigenvalue weighted by molar-refractivity contribution is 7.21. The highest BCUT2D eigenvalue weighted by Gasteiger charge is 2.33. The second-order valence-corrected chi connectivity index (χ2v) is 7.22. The molecular weight excluding hydrogens is 286 g/mol. The van der Waals surface area contributed by atoms with Gasteiger partial charge in [-0.1, -0.05) is 39.0 Å². The van der Waals surface area contributed by atoms with E-state index in [1.165, 1.54) is 11.3 Å². The van der Waals surface area contributed by atoms with Gasteiger partial charge in [0, 0.05) is 4.70 Å². The van der Waals surface area contributed by atoms with E-state index in [0.29, 0.717) is 4.88 Å². The fraction of sp³-hybridized carbons (Fsp3) is 0.375. The van der Waals surface area contributed by atoms with E-state index < -0.39 is 17.4 Å². The first-order chi connectivity index (χ1) is 9.71. The maximum atomic E-state index is 12.4. The summed E-state index contributed by atoms with van der Waals surface area (Å²) < 4.78 is 1.03. The molecule has 0 spiro atoms. The standard InChI is InChI=1S/C16H19NO3S/c1-9-10-7-5-6-8-11(10)21-12(9)14(18)17-13(15(19)20)16(2,3)4/h5-8,13H,1-4H3,(H,17,18)(H,19,20)/t13-/m0/s1. The number of carbonyl (C=O) groups excluding carboxylic acids is 1. The van der Waals surface area contributed by atoms with E-state index in [2.05, 4.69) is 5.32 Å². The van der Waals surface area contributed by atoms with Crippen LogP contribution >= 0.6 is 11.3 Å². The number of nitrogens with one attached hydrogen (secondary N) is 1. The molecule has 5 heteroatoms. The number of thiophene rings is 1. The van der Waals surface area contributed by atoms with Crippen LogP contribution in [0.2, 0.25) is 0 Å². The van der Waals surface area contributed by atoms with E-state index in [4.69, 9.17) is 0 Å². The summed E-state index contributed by atoms with van der Waals surface area (Å²) in [6.07, 6.45) is 0. The van der Waals surface area contributed by atoms with Crippen LogP contribution in [0.3, 0.4) is 0 Å². The van der Waals surface area contributed by atoms with Crippen molar-refractivity contribution in [3.8, 4) is 0 Å². The van der Waals surface area contributed by atoms with Gasteiger partial charge in [0.1, 0.15) is 6.04 Å². The first-order valence-corrected chi connectivity index (χ1v) is 7.55. The Kier molecular flexibility index (Phi) is 4.05. The van der Waals surface area contributed by atoms with Crippen molar-refractivity contribution < 1.29 is 14.7 Å². The van der Waals surface area contributed by atoms with Crippen LogP contribution < -0.4 is 5.32 Å². The predicted molar refractivity (Wildman–Crippen MR) is 84.9 cm³/mol. The van der Waals surface area contributed by atoms with Crippen LogP contribution in [0.5, 0.6) is 0 Å². The van der Waals surface area contributed by atoms with Gasteiger partial charge in [0.25, 0.3) is 5.91 Å². The van der Waals surface area contributed by atoms with E-state index in [0.717, 1.165) is 15.6 Å². The number of fused-ring (bicyclic) bond motifs is 1. The van der Waals surface area contributed by atoms with Crippen molar-refractivity contribution in [1.29, 1.82) is 0 Å². The number of aryl methyl sites for hydroxylation is 1. The predicted octanol–water partition coefficient (Wildman–Crippen LogP) is 3.44. The monoisotopic (exact) mass is 305 g/mol. The number of hydrogen-bond donors (Lipinski definition) is 2. The summed E-state index contributed by atoms with van der Waals surface area (Å²) in [7, 11) is 0. The molecule has 0 radical (unpaired) electrons. The number of benzene rings is 1. The SMILES string of the molecule is Cc1c(C(=O)N[C@@H](C(=O)O)C(C)(C)C)sc2ccccc12. The molecule has 2 aromatic rings. The molecule has 1 amide bonds. The van der Waals surface area contributed by atoms with Crippen LogP contribution in [0.15, 0.2) is 24.3 Å². The number of carboxylic acids is 1. The number of hydrogen-bond acceptors (Lipinski definition) is 3. The summed E-state index contributed by atoms with van der Waals surface area (Å²) in [5.41, 5.74) is 0.345. The van der Waals surface area contributed by atoms with E-state index in [1.54, 1.807) is 20.8 Å². The fourth-order valence-corrected chi connectivity index (χ4v) is 3.35. The third-order valence-corrected chi connectivity index (χ3v) is 4.71. The van der Waals surface area contributed by atoms with E-state index in [-0.39, 0.29) is 5.91 Å². The van der Waals surface area contributed by atoms with Crippen molar-refractivity contribution >= 4 is 33.3 Å². The lowest BCUT2D eigenvalue weighted by molar-refractivity contribution is -0.142. The van der Waals surface area contributed by atoms with Crippen LogP contribution in [-0.2, 0) is 4.79 Å². The Hall–Kier alpha value is -1.88. The number of carboxylic acid groups (broad SMARTS) is 1. The van der Waals surface area contributed by atoms with Gasteiger partial charge < -0.3 is 10.4 Å². The molecule has 1 heterocycles. The minimum absolute atomic E-state index is 0.323. The smallest absolute Gasteiger partial charge is 0.326 e. The van der Waals surface area contributed by atoms with Gasteiger partial charge in [-0.3, -0.25) is 4.79 Å². The van der Waals surface area contributed by atoms with Crippen molar-refractivity contribution in [2.24, 2.45) is 5.41 Å². The third kappa shape index (κ3) is 3.08. The first-order valence-electron chi connectivity index (χ1n) is 6.73. The van der Waals surface area contributed by atoms with Crippen molar-refractivity contribution in [1.82, 2.24) is 5.32 Å². The number of carbonyl (C=O) groups is 2. The van der Waals surface area contributed by atoms with E-state index in [9.17, 15) is 14.7 Å². The molecule has 0 bridgehead atoms. The Morgan fingerprint density at radius 1 is 1.24 bits per heavy atom. The highest BCUT2D eigenvalue weighted by atomic mass is 32.1. The van der Waals surface area contributed by atoms with Gasteiger partial charge in [0.15, 0.2) is 0 Å². The molecule has 0 aliphatic heterocycles. The Bertz CT molecular complexity index is 697. The van der Waals surface area contributed by atoms with Crippen molar-refractivity contribution in [2.75, 3.05) is 0 Å². The molecule has 1 atom stereocenters. The lowest BCUT2D eigenvalue weighted by Gasteiger charge is -2.27. The number of amides is 1. The van der Waals surface area contributed by atoms with Gasteiger partial charge in [0.2, 0.25) is 0 Å². The average molecular weight is 305 g/mol. The second kappa shape index (κ2) is 5.48. The quantitative estimate of drug-likeness (QED) is 0.913. The van der Waals surface area contributed by atoms with Gasteiger partial charge >= 0.3 is 5.97 Å². The molecule has 21 heavy (non-hydrogen) atoms. The summed E-state index contributed by atoms with van der Waals surface area (Å²) >= 11 is 1.39. The summed E-state index contributed by atoms with van der Waals surface area (Å²) in [6.45, 7) is 7.28. The Labute approximate surface area is 127 Å². The summed E-state index contributed by atoms with van der Waals surface area (Å²) in [5.74, 6) is -1.34. The topological polar surface area (TPSA) is 66.4 Å². The number of aliphatic carboxylic acids is 1. The Morgan fingerprint density at radius 2 is 1.86 bits per heavy atom. The molecule has 0 aliphatic rings. The van der Waals surface area contributed by atoms with Crippen LogP contribution in [0, 0.1) is 12.3 Å². The van der Waals surface area contributed by atoms with Crippen LogP contribution in [0.1, 0.15) is 36.0 Å². The molecule has 1 aromatic heterocycles. The second-order valence-electron chi connectivity index (χ2n) is 6.16. The van der Waals surface area contributed by atoms with E-state index in [1.807, 2.05) is 31.2 Å². The molecule has 2 rings (SSSR count). The molecule has 2 N–H and O–H groups in total. The van der Waals surface area contributed by atoms with E-state index >= 15 is 0 Å². The molecular formula is C16H19NO3S. The van der Waals surface area contributed by atoms with Crippen LogP contribution in [0.4, 0.5) is 0 Å². The summed E-state index contributed by atoms with van der Waals surface area (Å²) in [6, 6.07) is 6.86. The minimum atomic E-state index is -1.02. The third-order valence-electron chi connectivity index (χ3n) is 3.44. The number of rotatable bonds is 3. The molecule has 0 saturated heterocycles. The zero-order valence-electron chi connectivity index (χ0n) is 12.6. The molecule has 112 valence electrons. The Morgan fingerprint density at radius 3 is 2.38 bits per heavy atom. The van der Waals surface area contributed by atoms with Gasteiger partial charge in [-0.15, -0.1) is 11.3 Å². The van der Waals surface area contributed by atoms with Crippen molar-refractivity contribution in [3.63, 3.8) is 0 Å². The van der Waals surface area contributed by atoms with Gasteiger partial charge in [-0.2, -0.15) is 0 Å². The minimum Gasteiger partial charge on any atom is -0.480 e. The first kappa shape index (κ1) is 15.5. The lowest BCUT2D eigenvalue weighted by atomic mass is 9.86. The zero-order chi connectivity index (χ0) is 15.8. The molecule has 0 unspecified atom stereocenters. The highest BCUT2D eigenvalue weighted by Crippen LogP contribution is 2.31. The summed E-state index contributed by atoms with van der Waals surface area (Å²) in [5, 5.41) is 13.0. The lowest BCUT2D eigenvalue weighted by Crippen LogP contribution is -2.49. The maximum Gasteiger partial charge on any atom is 0.326 e. The zero-order valence-corrected chi connectivity index (χ0v) is 13.4. The average Bonchev–Trinajstić information content (AvgIpc) is 2.72. The van der Waals surface area contributed by atoms with Gasteiger partial charge in [0.05, 0.1) is 4.88 Å². The molecule has 4 nitrogen and oxygen atoms in total. The molecule has 0 saturated carbocycles. The van der Waals surface area contributed by atoms with Gasteiger partial charge in [-0.05, 0) is 29.4 Å². The molecule has 0 aliphatic carbocycles. The van der Waals surface area contributed by atoms with Gasteiger partial charge in [-0.25, -0.2) is 4.79 Å². The summed E-state index contributed by atoms with van der Waals surface area (Å²) in [4.78, 5) is 24.4. The largest absolute Gasteiger partial charge is 0.480 e. The fourth-order valence-electron chi connectivity index (χ4n) is 2.24. The maximum absolute atomic E-state index is 12.4. The Balaban J connectivity index is 2.34. The molecule has 0 fully saturated rings.